The summed E-state index contributed by atoms with van der Waals surface area (Å²) in [6, 6.07) is 3.62. The van der Waals surface area contributed by atoms with Gasteiger partial charge in [0.2, 0.25) is 5.91 Å². The molecule has 1 amide bonds. The molecule has 23 heavy (non-hydrogen) atoms. The molecule has 2 aromatic rings. The average Bonchev–Trinajstić information content (AvgIpc) is 2.93. The molecule has 122 valence electrons. The smallest absolute Gasteiger partial charge is 0.238 e. The Kier molecular flexibility index (Phi) is 4.99. The fraction of sp³-hybridized carbons (Fsp3) is 0.438. The topological polar surface area (TPSA) is 72.3 Å². The Morgan fingerprint density at radius 2 is 2.39 bits per heavy atom. The van der Waals surface area contributed by atoms with E-state index in [1.807, 2.05) is 30.1 Å². The zero-order valence-electron chi connectivity index (χ0n) is 13.2. The van der Waals surface area contributed by atoms with Crippen LogP contribution in [0, 0.1) is 6.92 Å². The number of nitrogens with zero attached hydrogens (tertiary/aromatic N) is 4. The van der Waals surface area contributed by atoms with Gasteiger partial charge in [-0.1, -0.05) is 0 Å². The van der Waals surface area contributed by atoms with Gasteiger partial charge in [-0.05, 0) is 24.6 Å². The molecular formula is C16H21N5O2. The van der Waals surface area contributed by atoms with Gasteiger partial charge in [-0.15, -0.1) is 0 Å². The molecule has 0 bridgehead atoms. The number of nitrogens with one attached hydrogen (secondary N) is 1. The summed E-state index contributed by atoms with van der Waals surface area (Å²) in [4.78, 5) is 18.2. The van der Waals surface area contributed by atoms with Gasteiger partial charge in [0.05, 0.1) is 43.9 Å². The minimum Gasteiger partial charge on any atom is -0.374 e. The number of anilines is 1. The van der Waals surface area contributed by atoms with E-state index in [-0.39, 0.29) is 12.0 Å². The highest BCUT2D eigenvalue weighted by molar-refractivity contribution is 5.92. The van der Waals surface area contributed by atoms with Crippen LogP contribution >= 0.6 is 0 Å². The van der Waals surface area contributed by atoms with Gasteiger partial charge < -0.3 is 10.1 Å². The second-order valence-corrected chi connectivity index (χ2v) is 5.76. The first kappa shape index (κ1) is 15.6. The molecule has 1 N–H and O–H groups in total. The van der Waals surface area contributed by atoms with Gasteiger partial charge in [0.25, 0.3) is 0 Å². The molecular weight excluding hydrogens is 294 g/mol. The lowest BCUT2D eigenvalue weighted by atomic mass is 10.2. The predicted octanol–water partition coefficient (Wildman–Crippen LogP) is 0.926. The van der Waals surface area contributed by atoms with Crippen molar-refractivity contribution >= 4 is 11.6 Å². The van der Waals surface area contributed by atoms with E-state index in [2.05, 4.69) is 20.3 Å². The van der Waals surface area contributed by atoms with Crippen molar-refractivity contribution in [2.45, 2.75) is 19.6 Å². The number of morpholine rings is 1. The number of aromatic nitrogens is 3. The van der Waals surface area contributed by atoms with E-state index in [1.54, 1.807) is 18.5 Å². The monoisotopic (exact) mass is 315 g/mol. The maximum absolute atomic E-state index is 12.1. The molecule has 0 unspecified atom stereocenters. The highest BCUT2D eigenvalue weighted by Gasteiger charge is 2.22. The zero-order valence-corrected chi connectivity index (χ0v) is 13.2. The van der Waals surface area contributed by atoms with Gasteiger partial charge in [-0.25, -0.2) is 0 Å². The molecule has 1 aliphatic rings. The van der Waals surface area contributed by atoms with Crippen molar-refractivity contribution in [2.24, 2.45) is 0 Å². The standard InChI is InChI=1S/C16H21N5O2/c1-13-7-18-21(9-13)11-15-10-20(5-6-23-15)12-16(22)19-14-3-2-4-17-8-14/h2-4,7-9,15H,5-6,10-12H2,1H3,(H,19,22)/t15-/m1/s1. The first-order valence-corrected chi connectivity index (χ1v) is 7.72. The van der Waals surface area contributed by atoms with Crippen LogP contribution in [-0.2, 0) is 16.1 Å². The molecule has 3 heterocycles. The molecule has 1 aliphatic heterocycles. The summed E-state index contributed by atoms with van der Waals surface area (Å²) in [5.74, 6) is -0.0337. The third-order valence-corrected chi connectivity index (χ3v) is 3.69. The molecule has 7 heteroatoms. The van der Waals surface area contributed by atoms with Gasteiger partial charge >= 0.3 is 0 Å². The molecule has 1 saturated heterocycles. The summed E-state index contributed by atoms with van der Waals surface area (Å²) in [6.45, 7) is 5.18. The highest BCUT2D eigenvalue weighted by atomic mass is 16.5. The van der Waals surface area contributed by atoms with Crippen molar-refractivity contribution in [3.63, 3.8) is 0 Å². The van der Waals surface area contributed by atoms with E-state index >= 15 is 0 Å². The molecule has 0 aliphatic carbocycles. The summed E-state index contributed by atoms with van der Waals surface area (Å²) in [6.07, 6.45) is 7.20. The van der Waals surface area contributed by atoms with Crippen LogP contribution in [0.3, 0.4) is 0 Å². The second kappa shape index (κ2) is 7.34. The van der Waals surface area contributed by atoms with Crippen molar-refractivity contribution < 1.29 is 9.53 Å². The van der Waals surface area contributed by atoms with E-state index in [1.165, 1.54) is 0 Å². The quantitative estimate of drug-likeness (QED) is 0.888. The minimum atomic E-state index is -0.0337. The molecule has 7 nitrogen and oxygen atoms in total. The molecule has 1 fully saturated rings. The number of aryl methyl sites for hydroxylation is 1. The third kappa shape index (κ3) is 4.61. The number of carbonyl (C=O) groups is 1. The fourth-order valence-electron chi connectivity index (χ4n) is 2.65. The van der Waals surface area contributed by atoms with Gasteiger partial charge in [-0.2, -0.15) is 5.10 Å². The number of rotatable bonds is 5. The Labute approximate surface area is 135 Å². The number of ether oxygens (including phenoxy) is 1. The Balaban J connectivity index is 1.49. The molecule has 0 aromatic carbocycles. The zero-order chi connectivity index (χ0) is 16.1. The number of hydrogen-bond donors (Lipinski definition) is 1. The van der Waals surface area contributed by atoms with Crippen LogP contribution in [0.15, 0.2) is 36.9 Å². The number of hydrogen-bond acceptors (Lipinski definition) is 5. The predicted molar refractivity (Wildman–Crippen MR) is 86.0 cm³/mol. The van der Waals surface area contributed by atoms with E-state index in [4.69, 9.17) is 4.74 Å². The Bertz CT molecular complexity index is 643. The van der Waals surface area contributed by atoms with E-state index in [9.17, 15) is 4.79 Å². The van der Waals surface area contributed by atoms with Crippen molar-refractivity contribution in [3.8, 4) is 0 Å². The van der Waals surface area contributed by atoms with Gasteiger partial charge in [-0.3, -0.25) is 19.4 Å². The number of amides is 1. The first-order chi connectivity index (χ1) is 11.2. The lowest BCUT2D eigenvalue weighted by molar-refractivity contribution is -0.119. The van der Waals surface area contributed by atoms with Gasteiger partial charge in [0, 0.05) is 25.5 Å². The summed E-state index contributed by atoms with van der Waals surface area (Å²) in [5.41, 5.74) is 1.85. The van der Waals surface area contributed by atoms with Crippen molar-refractivity contribution in [1.82, 2.24) is 19.7 Å². The van der Waals surface area contributed by atoms with Crippen LogP contribution < -0.4 is 5.32 Å². The maximum atomic E-state index is 12.1. The van der Waals surface area contributed by atoms with Crippen molar-refractivity contribution in [2.75, 3.05) is 31.6 Å². The maximum Gasteiger partial charge on any atom is 0.238 e. The van der Waals surface area contributed by atoms with Crippen LogP contribution in [0.2, 0.25) is 0 Å². The Morgan fingerprint density at radius 1 is 1.48 bits per heavy atom. The molecule has 0 saturated carbocycles. The highest BCUT2D eigenvalue weighted by Crippen LogP contribution is 2.09. The second-order valence-electron chi connectivity index (χ2n) is 5.76. The fourth-order valence-corrected chi connectivity index (χ4v) is 2.65. The van der Waals surface area contributed by atoms with E-state index < -0.39 is 0 Å². The molecule has 2 aromatic heterocycles. The summed E-state index contributed by atoms with van der Waals surface area (Å²) in [5, 5.41) is 7.14. The lowest BCUT2D eigenvalue weighted by Crippen LogP contribution is -2.47. The van der Waals surface area contributed by atoms with Crippen molar-refractivity contribution in [3.05, 3.63) is 42.5 Å². The minimum absolute atomic E-state index is 0.0337. The summed E-state index contributed by atoms with van der Waals surface area (Å²) >= 11 is 0. The van der Waals surface area contributed by atoms with Crippen LogP contribution in [0.1, 0.15) is 5.56 Å². The lowest BCUT2D eigenvalue weighted by Gasteiger charge is -2.32. The Morgan fingerprint density at radius 3 is 3.13 bits per heavy atom. The van der Waals surface area contributed by atoms with E-state index in [0.29, 0.717) is 25.4 Å². The van der Waals surface area contributed by atoms with Gasteiger partial charge in [0.15, 0.2) is 0 Å². The van der Waals surface area contributed by atoms with E-state index in [0.717, 1.165) is 18.7 Å². The number of carbonyl (C=O) groups excluding carboxylic acids is 1. The molecule has 1 atom stereocenters. The van der Waals surface area contributed by atoms with Crippen LogP contribution in [0.25, 0.3) is 0 Å². The third-order valence-electron chi connectivity index (χ3n) is 3.69. The van der Waals surface area contributed by atoms with Crippen LogP contribution in [0.5, 0.6) is 0 Å². The molecule has 0 spiro atoms. The average molecular weight is 315 g/mol. The number of pyridine rings is 1. The summed E-state index contributed by atoms with van der Waals surface area (Å²) < 4.78 is 7.67. The normalized spacial score (nSPS) is 18.7. The SMILES string of the molecule is Cc1cnn(C[C@H]2CN(CC(=O)Nc3cccnc3)CCO2)c1. The van der Waals surface area contributed by atoms with Crippen LogP contribution in [0.4, 0.5) is 5.69 Å². The summed E-state index contributed by atoms with van der Waals surface area (Å²) in [7, 11) is 0. The first-order valence-electron chi connectivity index (χ1n) is 7.72. The van der Waals surface area contributed by atoms with Crippen LogP contribution in [-0.4, -0.2) is 57.9 Å². The van der Waals surface area contributed by atoms with Gasteiger partial charge in [0.1, 0.15) is 0 Å². The van der Waals surface area contributed by atoms with Crippen molar-refractivity contribution in [1.29, 1.82) is 0 Å². The molecule has 0 radical (unpaired) electrons. The Hall–Kier alpha value is -2.25. The largest absolute Gasteiger partial charge is 0.374 e. The molecule has 3 rings (SSSR count).